The van der Waals surface area contributed by atoms with Gasteiger partial charge in [-0.15, -0.1) is 0 Å². The second kappa shape index (κ2) is 11.5. The molecule has 2 rings (SSSR count). The van der Waals surface area contributed by atoms with E-state index in [1.165, 1.54) is 18.0 Å². The highest BCUT2D eigenvalue weighted by Crippen LogP contribution is 2.27. The zero-order chi connectivity index (χ0) is 26.5. The first-order valence-electron chi connectivity index (χ1n) is 12.3. The van der Waals surface area contributed by atoms with Crippen molar-refractivity contribution < 1.29 is 12.3 Å². The van der Waals surface area contributed by atoms with Crippen molar-refractivity contribution in [3.05, 3.63) is 53.6 Å². The van der Waals surface area contributed by atoms with Gasteiger partial charge in [-0.3, -0.25) is 0 Å². The van der Waals surface area contributed by atoms with Gasteiger partial charge in [0, 0.05) is 0 Å². The van der Waals surface area contributed by atoms with Gasteiger partial charge in [-0.1, -0.05) is 50.1 Å². The van der Waals surface area contributed by atoms with E-state index in [0.717, 1.165) is 17.2 Å². The zero-order valence-electron chi connectivity index (χ0n) is 22.8. The molecule has 2 aromatic rings. The fraction of sp³-hybridized carbons (Fsp3) is 0.462. The van der Waals surface area contributed by atoms with Crippen LogP contribution in [0, 0.1) is 22.7 Å². The largest absolute Gasteiger partial charge is 0.436 e. The first-order valence-corrected chi connectivity index (χ1v) is 23.9. The molecule has 2 aromatic carbocycles. The summed E-state index contributed by atoms with van der Waals surface area (Å²) in [7, 11) is -8.75. The summed E-state index contributed by atoms with van der Waals surface area (Å²) in [5.41, 5.74) is 2.72. The molecule has 5 nitrogen and oxygen atoms in total. The molecule has 0 aliphatic rings. The zero-order valence-corrected chi connectivity index (χ0v) is 26.8. The normalized spacial score (nSPS) is 12.8. The summed E-state index contributed by atoms with van der Waals surface area (Å²) < 4.78 is 20.2. The Bertz CT molecular complexity index is 1100. The Hall–Kier alpha value is -1.83. The van der Waals surface area contributed by atoms with Gasteiger partial charge < -0.3 is 12.3 Å². The Morgan fingerprint density at radius 2 is 1.23 bits per heavy atom. The third-order valence-corrected chi connectivity index (χ3v) is 21.2. The van der Waals surface area contributed by atoms with Crippen molar-refractivity contribution in [1.29, 1.82) is 10.5 Å². The topological polar surface area (TPSA) is 75.3 Å². The minimum absolute atomic E-state index is 0.395. The van der Waals surface area contributed by atoms with Gasteiger partial charge in [0.25, 0.3) is 0 Å². The van der Waals surface area contributed by atoms with Crippen LogP contribution in [0.4, 0.5) is 0 Å². The number of rotatable bonds is 11. The molecule has 0 unspecified atom stereocenters. The summed E-state index contributed by atoms with van der Waals surface area (Å²) in [6.45, 7) is 19.8. The smallest absolute Gasteiger partial charge is 0.312 e. The third-order valence-electron chi connectivity index (χ3n) is 5.82. The van der Waals surface area contributed by atoms with Crippen LogP contribution in [0.1, 0.15) is 30.9 Å². The lowest BCUT2D eigenvalue weighted by Gasteiger charge is -2.41. The summed E-state index contributed by atoms with van der Waals surface area (Å²) in [5.74, 6) is 0. The molecule has 0 atom stereocenters. The van der Waals surface area contributed by atoms with E-state index in [9.17, 15) is 5.26 Å². The molecule has 0 radical (unpaired) electrons. The first kappa shape index (κ1) is 29.4. The molecule has 0 amide bonds. The molecule has 9 heteroatoms. The number of nitriles is 2. The van der Waals surface area contributed by atoms with Crippen LogP contribution in [0.5, 0.6) is 0 Å². The van der Waals surface area contributed by atoms with Crippen molar-refractivity contribution in [1.82, 2.24) is 0 Å². The Labute approximate surface area is 216 Å². The van der Waals surface area contributed by atoms with Gasteiger partial charge in [0.05, 0.1) is 11.1 Å². The molecular weight excluding hydrogens is 501 g/mol. The Morgan fingerprint density at radius 1 is 0.686 bits per heavy atom. The standard InChI is InChI=1S/C26H40N2O3Si4/c1-10-11-18-32(2,3)29-34(6,7)31-35(8,9)30-33(4,5)26-16-14-22(15-17-26)23-12-13-24(20-27)25(19-23)21-28/h12-17,19H,10-11,18H2,1-9H3. The molecule has 0 bridgehead atoms. The summed E-state index contributed by atoms with van der Waals surface area (Å²) in [4.78, 5) is 0. The maximum absolute atomic E-state index is 9.34. The average Bonchev–Trinajstić information content (AvgIpc) is 2.74. The van der Waals surface area contributed by atoms with Crippen molar-refractivity contribution in [2.75, 3.05) is 0 Å². The maximum atomic E-state index is 9.34. The predicted octanol–water partition coefficient (Wildman–Crippen LogP) is 6.97. The van der Waals surface area contributed by atoms with Gasteiger partial charge in [-0.25, -0.2) is 0 Å². The summed E-state index contributed by atoms with van der Waals surface area (Å²) in [5, 5.41) is 19.7. The van der Waals surface area contributed by atoms with Crippen LogP contribution in [-0.4, -0.2) is 33.8 Å². The van der Waals surface area contributed by atoms with E-state index >= 15 is 0 Å². The maximum Gasteiger partial charge on any atom is 0.312 e. The predicted molar refractivity (Wildman–Crippen MR) is 154 cm³/mol. The first-order chi connectivity index (χ1) is 16.1. The van der Waals surface area contributed by atoms with Crippen molar-refractivity contribution in [3.63, 3.8) is 0 Å². The monoisotopic (exact) mass is 540 g/mol. The number of hydrogen-bond donors (Lipinski definition) is 0. The van der Waals surface area contributed by atoms with Crippen LogP contribution < -0.4 is 5.19 Å². The van der Waals surface area contributed by atoms with Gasteiger partial charge in [0.15, 0.2) is 8.32 Å². The van der Waals surface area contributed by atoms with Crippen molar-refractivity contribution in [3.8, 4) is 23.3 Å². The minimum atomic E-state index is -2.43. The number of hydrogen-bond acceptors (Lipinski definition) is 5. The Morgan fingerprint density at radius 3 is 1.77 bits per heavy atom. The van der Waals surface area contributed by atoms with E-state index in [1.807, 2.05) is 6.07 Å². The summed E-state index contributed by atoms with van der Waals surface area (Å²) in [6.07, 6.45) is 2.40. The molecule has 0 aliphatic carbocycles. The fourth-order valence-corrected chi connectivity index (χ4v) is 23.7. The number of unbranched alkanes of at least 4 members (excludes halogenated alkanes) is 1. The molecule has 0 fully saturated rings. The quantitative estimate of drug-likeness (QED) is 0.288. The van der Waals surface area contributed by atoms with E-state index < -0.39 is 33.8 Å². The number of benzene rings is 2. The number of nitrogens with zero attached hydrogens (tertiary/aromatic N) is 2. The Balaban J connectivity index is 2.16. The van der Waals surface area contributed by atoms with Gasteiger partial charge in [-0.05, 0) is 86.9 Å². The molecule has 0 spiro atoms. The van der Waals surface area contributed by atoms with Crippen LogP contribution in [0.2, 0.25) is 58.4 Å². The second-order valence-electron chi connectivity index (χ2n) is 11.0. The molecule has 0 aliphatic heterocycles. The molecule has 188 valence electrons. The van der Waals surface area contributed by atoms with Crippen LogP contribution in [-0.2, 0) is 12.3 Å². The lowest BCUT2D eigenvalue weighted by Crippen LogP contribution is -2.59. The molecule has 0 saturated carbocycles. The summed E-state index contributed by atoms with van der Waals surface area (Å²) >= 11 is 0. The minimum Gasteiger partial charge on any atom is -0.436 e. The molecule has 35 heavy (non-hydrogen) atoms. The van der Waals surface area contributed by atoms with Crippen LogP contribution in [0.15, 0.2) is 42.5 Å². The van der Waals surface area contributed by atoms with Gasteiger partial charge >= 0.3 is 17.1 Å². The van der Waals surface area contributed by atoms with Crippen molar-refractivity contribution >= 4 is 38.9 Å². The van der Waals surface area contributed by atoms with Crippen molar-refractivity contribution in [2.24, 2.45) is 0 Å². The highest BCUT2D eigenvalue weighted by Gasteiger charge is 2.43. The lowest BCUT2D eigenvalue weighted by atomic mass is 10.0. The van der Waals surface area contributed by atoms with Crippen molar-refractivity contribution in [2.45, 2.75) is 78.2 Å². The van der Waals surface area contributed by atoms with Gasteiger partial charge in [0.2, 0.25) is 8.32 Å². The SMILES string of the molecule is CCCC[Si](C)(C)O[Si](C)(C)O[Si](C)(C)O[Si](C)(C)c1ccc(-c2ccc(C#N)c(C#N)c2)cc1. The average molecular weight is 541 g/mol. The summed E-state index contributed by atoms with van der Waals surface area (Å²) in [6, 6.07) is 19.1. The van der Waals surface area contributed by atoms with Crippen LogP contribution in [0.3, 0.4) is 0 Å². The molecular formula is C26H40N2O3Si4. The van der Waals surface area contributed by atoms with E-state index in [0.29, 0.717) is 11.1 Å². The molecule has 0 heterocycles. The van der Waals surface area contributed by atoms with Gasteiger partial charge in [0.1, 0.15) is 12.1 Å². The van der Waals surface area contributed by atoms with Crippen LogP contribution in [0.25, 0.3) is 11.1 Å². The van der Waals surface area contributed by atoms with Crippen LogP contribution >= 0.6 is 0 Å². The Kier molecular flexibility index (Phi) is 9.64. The highest BCUT2D eigenvalue weighted by molar-refractivity contribution is 6.93. The van der Waals surface area contributed by atoms with E-state index in [2.05, 4.69) is 95.7 Å². The fourth-order valence-electron chi connectivity index (χ4n) is 4.60. The van der Waals surface area contributed by atoms with E-state index in [1.54, 1.807) is 12.1 Å². The van der Waals surface area contributed by atoms with Gasteiger partial charge in [-0.2, -0.15) is 10.5 Å². The third kappa shape index (κ3) is 8.65. The molecule has 0 saturated heterocycles. The van der Waals surface area contributed by atoms with E-state index in [-0.39, 0.29) is 0 Å². The second-order valence-corrected chi connectivity index (χ2v) is 26.7. The van der Waals surface area contributed by atoms with E-state index in [4.69, 9.17) is 17.6 Å². The highest BCUT2D eigenvalue weighted by atomic mass is 28.5. The molecule has 0 N–H and O–H groups in total. The lowest BCUT2D eigenvalue weighted by molar-refractivity contribution is 0.330. The molecule has 0 aromatic heterocycles.